The van der Waals surface area contributed by atoms with E-state index in [2.05, 4.69) is 5.32 Å². The Labute approximate surface area is 177 Å². The van der Waals surface area contributed by atoms with Crippen LogP contribution in [0.2, 0.25) is 0 Å². The number of carbonyl (C=O) groups excluding carboxylic acids is 2. The topological polar surface area (TPSA) is 86.8 Å². The maximum Gasteiger partial charge on any atom is 0.247 e. The molecule has 1 aromatic carbocycles. The standard InChI is InChI=1S/C21H30FN3O4S/c1-21(20(27)23-17-10-6-4-3-5-7-11-17)15-24(30(2,28)29)14-19(26)25(21)18-12-8-9-16(22)13-18/h8-9,12-13,17H,3-7,10-11,14-15H2,1-2H3,(H,23,27)/t21-/m1/s1. The highest BCUT2D eigenvalue weighted by Gasteiger charge is 2.50. The third-order valence-electron chi connectivity index (χ3n) is 6.00. The van der Waals surface area contributed by atoms with Gasteiger partial charge in [0.05, 0.1) is 12.8 Å². The normalized spacial score (nSPS) is 24.9. The van der Waals surface area contributed by atoms with E-state index < -0.39 is 33.2 Å². The number of hydrogen-bond donors (Lipinski definition) is 1. The van der Waals surface area contributed by atoms with Crippen molar-refractivity contribution >= 4 is 27.5 Å². The number of amides is 2. The molecular weight excluding hydrogens is 409 g/mol. The van der Waals surface area contributed by atoms with Gasteiger partial charge in [0.25, 0.3) is 0 Å². The van der Waals surface area contributed by atoms with Crippen LogP contribution in [0.25, 0.3) is 0 Å². The lowest BCUT2D eigenvalue weighted by Gasteiger charge is -2.47. The smallest absolute Gasteiger partial charge is 0.247 e. The predicted molar refractivity (Wildman–Crippen MR) is 113 cm³/mol. The molecule has 7 nitrogen and oxygen atoms in total. The fourth-order valence-corrected chi connectivity index (χ4v) is 5.19. The van der Waals surface area contributed by atoms with Crippen LogP contribution in [-0.4, -0.2) is 55.5 Å². The van der Waals surface area contributed by atoms with Crippen LogP contribution in [-0.2, 0) is 19.6 Å². The number of anilines is 1. The Kier molecular flexibility index (Phi) is 6.81. The summed E-state index contributed by atoms with van der Waals surface area (Å²) in [5.74, 6) is -1.51. The van der Waals surface area contributed by atoms with Crippen LogP contribution >= 0.6 is 0 Å². The average Bonchev–Trinajstić information content (AvgIpc) is 2.62. The molecule has 166 valence electrons. The summed E-state index contributed by atoms with van der Waals surface area (Å²) in [6, 6.07) is 5.45. The van der Waals surface area contributed by atoms with Gasteiger partial charge in [0.15, 0.2) is 0 Å². The summed E-state index contributed by atoms with van der Waals surface area (Å²) in [6.07, 6.45) is 8.21. The highest BCUT2D eigenvalue weighted by molar-refractivity contribution is 7.88. The summed E-state index contributed by atoms with van der Waals surface area (Å²) in [5, 5.41) is 3.06. The number of hydrogen-bond acceptors (Lipinski definition) is 4. The molecule has 1 heterocycles. The van der Waals surface area contributed by atoms with Crippen LogP contribution in [0.5, 0.6) is 0 Å². The van der Waals surface area contributed by atoms with E-state index >= 15 is 0 Å². The first kappa shape index (κ1) is 22.7. The van der Waals surface area contributed by atoms with E-state index in [0.717, 1.165) is 49.1 Å². The van der Waals surface area contributed by atoms with Crippen molar-refractivity contribution in [2.75, 3.05) is 24.2 Å². The first-order valence-corrected chi connectivity index (χ1v) is 12.3. The molecule has 0 aromatic heterocycles. The second kappa shape index (κ2) is 9.01. The second-order valence-corrected chi connectivity index (χ2v) is 10.5. The Morgan fingerprint density at radius 3 is 2.40 bits per heavy atom. The Morgan fingerprint density at radius 2 is 1.80 bits per heavy atom. The molecule has 1 N–H and O–H groups in total. The Balaban J connectivity index is 1.94. The summed E-state index contributed by atoms with van der Waals surface area (Å²) in [7, 11) is -3.69. The molecule has 2 aliphatic rings. The van der Waals surface area contributed by atoms with Crippen molar-refractivity contribution in [3.8, 4) is 0 Å². The van der Waals surface area contributed by atoms with Crippen LogP contribution < -0.4 is 10.2 Å². The van der Waals surface area contributed by atoms with E-state index in [1.54, 1.807) is 13.0 Å². The van der Waals surface area contributed by atoms with Crippen molar-refractivity contribution in [2.45, 2.75) is 63.5 Å². The van der Waals surface area contributed by atoms with Crippen molar-refractivity contribution in [2.24, 2.45) is 0 Å². The summed E-state index contributed by atoms with van der Waals surface area (Å²) in [6.45, 7) is 0.972. The van der Waals surface area contributed by atoms with Gasteiger partial charge in [0.1, 0.15) is 11.4 Å². The van der Waals surface area contributed by atoms with Crippen molar-refractivity contribution in [1.29, 1.82) is 0 Å². The molecule has 9 heteroatoms. The molecule has 2 fully saturated rings. The quantitative estimate of drug-likeness (QED) is 0.781. The molecule has 0 spiro atoms. The minimum atomic E-state index is -3.69. The van der Waals surface area contributed by atoms with Gasteiger partial charge in [-0.1, -0.05) is 38.2 Å². The summed E-state index contributed by atoms with van der Waals surface area (Å²) in [4.78, 5) is 27.7. The van der Waals surface area contributed by atoms with E-state index in [9.17, 15) is 22.4 Å². The zero-order chi connectivity index (χ0) is 21.9. The highest BCUT2D eigenvalue weighted by atomic mass is 32.2. The van der Waals surface area contributed by atoms with Gasteiger partial charge in [-0.15, -0.1) is 0 Å². The molecule has 2 amide bonds. The molecule has 1 saturated heterocycles. The van der Waals surface area contributed by atoms with Crippen LogP contribution in [0.4, 0.5) is 10.1 Å². The van der Waals surface area contributed by atoms with Gasteiger partial charge in [-0.2, -0.15) is 4.31 Å². The third-order valence-corrected chi connectivity index (χ3v) is 7.20. The molecule has 3 rings (SSSR count). The number of piperazine rings is 1. The molecule has 1 aliphatic heterocycles. The zero-order valence-electron chi connectivity index (χ0n) is 17.6. The third kappa shape index (κ3) is 5.00. The molecule has 1 atom stereocenters. The molecular formula is C21H30FN3O4S. The number of sulfonamides is 1. The fourth-order valence-electron chi connectivity index (χ4n) is 4.36. The number of nitrogens with zero attached hydrogens (tertiary/aromatic N) is 2. The summed E-state index contributed by atoms with van der Waals surface area (Å²) in [5.41, 5.74) is -1.25. The number of halogens is 1. The van der Waals surface area contributed by atoms with Gasteiger partial charge < -0.3 is 5.32 Å². The van der Waals surface area contributed by atoms with Crippen molar-refractivity contribution in [3.05, 3.63) is 30.1 Å². The minimum Gasteiger partial charge on any atom is -0.351 e. The summed E-state index contributed by atoms with van der Waals surface area (Å²) < 4.78 is 39.2. The number of benzene rings is 1. The summed E-state index contributed by atoms with van der Waals surface area (Å²) >= 11 is 0. The van der Waals surface area contributed by atoms with Crippen LogP contribution in [0.3, 0.4) is 0 Å². The SMILES string of the molecule is C[C@]1(C(=O)NC2CCCCCCC2)CN(S(C)(=O)=O)CC(=O)N1c1cccc(F)c1. The molecule has 0 unspecified atom stereocenters. The maximum absolute atomic E-state index is 13.9. The van der Waals surface area contributed by atoms with Crippen LogP contribution in [0, 0.1) is 5.82 Å². The van der Waals surface area contributed by atoms with Crippen molar-refractivity contribution in [1.82, 2.24) is 9.62 Å². The zero-order valence-corrected chi connectivity index (χ0v) is 18.4. The number of carbonyl (C=O) groups is 2. The van der Waals surface area contributed by atoms with Gasteiger partial charge >= 0.3 is 0 Å². The lowest BCUT2D eigenvalue weighted by Crippen LogP contribution is -2.70. The first-order valence-electron chi connectivity index (χ1n) is 10.5. The number of rotatable bonds is 4. The molecule has 1 aliphatic carbocycles. The van der Waals surface area contributed by atoms with Gasteiger partial charge in [0, 0.05) is 18.3 Å². The molecule has 30 heavy (non-hydrogen) atoms. The van der Waals surface area contributed by atoms with Gasteiger partial charge in [-0.25, -0.2) is 12.8 Å². The minimum absolute atomic E-state index is 0.0207. The predicted octanol–water partition coefficient (Wildman–Crippen LogP) is 2.42. The van der Waals surface area contributed by atoms with Crippen LogP contribution in [0.15, 0.2) is 24.3 Å². The molecule has 1 aromatic rings. The number of nitrogens with one attached hydrogen (secondary N) is 1. The Hall–Kier alpha value is -2.00. The van der Waals surface area contributed by atoms with E-state index in [4.69, 9.17) is 0 Å². The second-order valence-electron chi connectivity index (χ2n) is 8.53. The van der Waals surface area contributed by atoms with Gasteiger partial charge in [0.2, 0.25) is 21.8 Å². The van der Waals surface area contributed by atoms with E-state index in [1.807, 2.05) is 0 Å². The maximum atomic E-state index is 13.9. The lowest BCUT2D eigenvalue weighted by molar-refractivity contribution is -0.133. The van der Waals surface area contributed by atoms with E-state index in [1.165, 1.54) is 29.5 Å². The van der Waals surface area contributed by atoms with Gasteiger partial charge in [-0.05, 0) is 38.0 Å². The van der Waals surface area contributed by atoms with Crippen molar-refractivity contribution in [3.63, 3.8) is 0 Å². The largest absolute Gasteiger partial charge is 0.351 e. The van der Waals surface area contributed by atoms with E-state index in [0.29, 0.717) is 0 Å². The lowest BCUT2D eigenvalue weighted by atomic mass is 9.92. The van der Waals surface area contributed by atoms with Crippen molar-refractivity contribution < 1.29 is 22.4 Å². The first-order chi connectivity index (χ1) is 14.1. The molecule has 0 bridgehead atoms. The highest BCUT2D eigenvalue weighted by Crippen LogP contribution is 2.31. The molecule has 1 saturated carbocycles. The van der Waals surface area contributed by atoms with Crippen LogP contribution in [0.1, 0.15) is 51.9 Å². The fraction of sp³-hybridized carbons (Fsp3) is 0.619. The van der Waals surface area contributed by atoms with E-state index in [-0.39, 0.29) is 24.8 Å². The molecule has 0 radical (unpaired) electrons. The average molecular weight is 440 g/mol. The Bertz CT molecular complexity index is 899. The van der Waals surface area contributed by atoms with Gasteiger partial charge in [-0.3, -0.25) is 14.5 Å². The monoisotopic (exact) mass is 439 g/mol. The Morgan fingerprint density at radius 1 is 1.17 bits per heavy atom.